The fourth-order valence-corrected chi connectivity index (χ4v) is 4.21. The van der Waals surface area contributed by atoms with Crippen LogP contribution in [0.5, 0.6) is 11.5 Å². The molecule has 1 N–H and O–H groups in total. The Hall–Kier alpha value is -1.48. The van der Waals surface area contributed by atoms with E-state index in [1.165, 1.54) is 3.57 Å². The molecule has 0 saturated carbocycles. The maximum Gasteiger partial charge on any atom is 0.175 e. The van der Waals surface area contributed by atoms with Gasteiger partial charge in [-0.1, -0.05) is 41.4 Å². The topological polar surface area (TPSA) is 42.8 Å². The van der Waals surface area contributed by atoms with Crippen molar-refractivity contribution in [3.63, 3.8) is 0 Å². The number of nitrogens with one attached hydrogen (secondary N) is 1. The third-order valence-electron chi connectivity index (χ3n) is 4.25. The van der Waals surface area contributed by atoms with Gasteiger partial charge in [0.25, 0.3) is 0 Å². The van der Waals surface area contributed by atoms with Gasteiger partial charge in [0.15, 0.2) is 11.5 Å². The van der Waals surface area contributed by atoms with Crippen molar-refractivity contribution in [3.05, 3.63) is 89.4 Å². The number of halogens is 4. The van der Waals surface area contributed by atoms with E-state index in [1.54, 1.807) is 18.3 Å². The molecule has 0 fully saturated rings. The van der Waals surface area contributed by atoms with Crippen LogP contribution in [0.2, 0.25) is 10.0 Å². The molecule has 0 aromatic heterocycles. The summed E-state index contributed by atoms with van der Waals surface area (Å²) in [5.41, 5.74) is 5.73. The zero-order chi connectivity index (χ0) is 22.2. The molecule has 3 rings (SSSR count). The lowest BCUT2D eigenvalue weighted by Gasteiger charge is -2.15. The van der Waals surface area contributed by atoms with Crippen LogP contribution in [0.1, 0.15) is 23.6 Å². The van der Waals surface area contributed by atoms with Crippen molar-refractivity contribution in [2.75, 3.05) is 6.61 Å². The largest absolute Gasteiger partial charge is 0.490 e. The van der Waals surface area contributed by atoms with E-state index in [0.717, 1.165) is 21.2 Å². The number of rotatable bonds is 9. The first-order chi connectivity index (χ1) is 15.0. The molecule has 3 aromatic rings. The highest BCUT2D eigenvalue weighted by Crippen LogP contribution is 2.37. The Kier molecular flexibility index (Phi) is 9.31. The summed E-state index contributed by atoms with van der Waals surface area (Å²) < 4.78 is 13.8. The van der Waals surface area contributed by atoms with Crippen LogP contribution in [-0.4, -0.2) is 12.8 Å². The quantitative estimate of drug-likeness (QED) is 0.151. The zero-order valence-corrected chi connectivity index (χ0v) is 21.9. The van der Waals surface area contributed by atoms with Gasteiger partial charge in [-0.2, -0.15) is 5.10 Å². The summed E-state index contributed by atoms with van der Waals surface area (Å²) in [7, 11) is 0. The number of nitrogens with zero attached hydrogens (tertiary/aromatic N) is 1. The predicted molar refractivity (Wildman–Crippen MR) is 140 cm³/mol. The smallest absolute Gasteiger partial charge is 0.175 e. The summed E-state index contributed by atoms with van der Waals surface area (Å²) >= 11 is 18.3. The molecule has 0 amide bonds. The molecule has 31 heavy (non-hydrogen) atoms. The normalized spacial score (nSPS) is 11.0. The van der Waals surface area contributed by atoms with Gasteiger partial charge in [0.2, 0.25) is 0 Å². The van der Waals surface area contributed by atoms with Crippen LogP contribution in [0.4, 0.5) is 0 Å². The van der Waals surface area contributed by atoms with E-state index in [0.29, 0.717) is 41.3 Å². The van der Waals surface area contributed by atoms with Gasteiger partial charge in [-0.3, -0.25) is 0 Å². The second-order valence-corrected chi connectivity index (χ2v) is 9.39. The van der Waals surface area contributed by atoms with Crippen molar-refractivity contribution >= 4 is 67.9 Å². The fourth-order valence-electron chi connectivity index (χ4n) is 2.75. The highest BCUT2D eigenvalue weighted by atomic mass is 127. The van der Waals surface area contributed by atoms with Gasteiger partial charge >= 0.3 is 0 Å². The van der Waals surface area contributed by atoms with E-state index in [-0.39, 0.29) is 0 Å². The molecule has 0 radical (unpaired) electrons. The lowest BCUT2D eigenvalue weighted by molar-refractivity contribution is 0.267. The number of hydrogen-bond donors (Lipinski definition) is 1. The Balaban J connectivity index is 1.70. The van der Waals surface area contributed by atoms with Crippen LogP contribution in [0, 0.1) is 3.57 Å². The maximum absolute atomic E-state index is 6.19. The minimum absolute atomic E-state index is 0.422. The van der Waals surface area contributed by atoms with Crippen molar-refractivity contribution in [1.82, 2.24) is 5.43 Å². The average molecular weight is 634 g/mol. The molecule has 4 nitrogen and oxygen atoms in total. The average Bonchev–Trinajstić information content (AvgIpc) is 2.74. The van der Waals surface area contributed by atoms with Crippen molar-refractivity contribution in [2.24, 2.45) is 5.10 Å². The molecule has 162 valence electrons. The minimum atomic E-state index is 0.422. The lowest BCUT2D eigenvalue weighted by Crippen LogP contribution is -2.07. The van der Waals surface area contributed by atoms with Crippen molar-refractivity contribution in [2.45, 2.75) is 20.1 Å². The Morgan fingerprint density at radius 2 is 1.77 bits per heavy atom. The van der Waals surface area contributed by atoms with E-state index >= 15 is 0 Å². The molecule has 0 bridgehead atoms. The summed E-state index contributed by atoms with van der Waals surface area (Å²) in [6.07, 6.45) is 1.71. The van der Waals surface area contributed by atoms with Crippen molar-refractivity contribution in [1.29, 1.82) is 0 Å². The van der Waals surface area contributed by atoms with Crippen LogP contribution in [0.25, 0.3) is 0 Å². The van der Waals surface area contributed by atoms with Crippen LogP contribution < -0.4 is 14.9 Å². The summed E-state index contributed by atoms with van der Waals surface area (Å²) in [5, 5.41) is 5.49. The molecule has 8 heteroatoms. The van der Waals surface area contributed by atoms with Gasteiger partial charge in [-0.15, -0.1) is 0 Å². The van der Waals surface area contributed by atoms with Crippen molar-refractivity contribution in [3.8, 4) is 11.5 Å². The minimum Gasteiger partial charge on any atom is -0.490 e. The first-order valence-electron chi connectivity index (χ1n) is 9.50. The first kappa shape index (κ1) is 24.2. The summed E-state index contributed by atoms with van der Waals surface area (Å²) in [5.74, 6) is 1.31. The Bertz CT molecular complexity index is 1040. The monoisotopic (exact) mass is 632 g/mol. The lowest BCUT2D eigenvalue weighted by atomic mass is 10.2. The van der Waals surface area contributed by atoms with Crippen LogP contribution >= 0.6 is 61.7 Å². The standard InChI is InChI=1S/C23H20BrCl2IN2O2/c1-2-30-22-11-16(12-28-29-13-18-20(25)4-3-5-21(18)26)10-19(24)23(22)31-14-15-6-8-17(27)9-7-15/h3-12,29H,2,13-14H2,1H3/b28-12+. The summed E-state index contributed by atoms with van der Waals surface area (Å²) in [6, 6.07) is 17.4. The van der Waals surface area contributed by atoms with E-state index in [4.69, 9.17) is 32.7 Å². The van der Waals surface area contributed by atoms with E-state index in [2.05, 4.69) is 61.2 Å². The van der Waals surface area contributed by atoms with Gasteiger partial charge in [0, 0.05) is 19.2 Å². The van der Waals surface area contributed by atoms with E-state index < -0.39 is 0 Å². The molecule has 0 aliphatic heterocycles. The number of hydrogen-bond acceptors (Lipinski definition) is 4. The van der Waals surface area contributed by atoms with Crippen LogP contribution in [-0.2, 0) is 13.2 Å². The van der Waals surface area contributed by atoms with Gasteiger partial charge in [0.05, 0.1) is 23.8 Å². The summed E-state index contributed by atoms with van der Waals surface area (Å²) in [6.45, 7) is 3.33. The third-order valence-corrected chi connectivity index (χ3v) is 6.27. The second kappa shape index (κ2) is 11.9. The third kappa shape index (κ3) is 7.00. The number of hydrazone groups is 1. The Labute approximate surface area is 214 Å². The molecular weight excluding hydrogens is 614 g/mol. The second-order valence-electron chi connectivity index (χ2n) is 6.47. The molecule has 0 heterocycles. The van der Waals surface area contributed by atoms with Gasteiger partial charge < -0.3 is 14.9 Å². The van der Waals surface area contributed by atoms with Gasteiger partial charge in [-0.05, 0) is 93.0 Å². The Morgan fingerprint density at radius 3 is 2.45 bits per heavy atom. The molecule has 0 aliphatic rings. The first-order valence-corrected chi connectivity index (χ1v) is 12.1. The molecule has 0 atom stereocenters. The van der Waals surface area contributed by atoms with Crippen LogP contribution in [0.3, 0.4) is 0 Å². The highest BCUT2D eigenvalue weighted by Gasteiger charge is 2.12. The molecule has 3 aromatic carbocycles. The highest BCUT2D eigenvalue weighted by molar-refractivity contribution is 14.1. The number of benzene rings is 3. The molecule has 0 saturated heterocycles. The molecule has 0 spiro atoms. The van der Waals surface area contributed by atoms with Crippen LogP contribution in [0.15, 0.2) is 64.2 Å². The molecule has 0 unspecified atom stereocenters. The van der Waals surface area contributed by atoms with Gasteiger partial charge in [-0.25, -0.2) is 0 Å². The molecule has 0 aliphatic carbocycles. The van der Waals surface area contributed by atoms with Crippen molar-refractivity contribution < 1.29 is 9.47 Å². The Morgan fingerprint density at radius 1 is 1.06 bits per heavy atom. The fraction of sp³-hybridized carbons (Fsp3) is 0.174. The maximum atomic E-state index is 6.19. The zero-order valence-electron chi connectivity index (χ0n) is 16.7. The van der Waals surface area contributed by atoms with Gasteiger partial charge in [0.1, 0.15) is 6.61 Å². The molecular formula is C23H20BrCl2IN2O2. The number of ether oxygens (including phenoxy) is 2. The predicted octanol–water partition coefficient (Wildman–Crippen LogP) is 7.46. The van der Waals surface area contributed by atoms with E-state index in [9.17, 15) is 0 Å². The van der Waals surface area contributed by atoms with E-state index in [1.807, 2.05) is 37.3 Å². The SMILES string of the molecule is CCOc1cc(/C=N/NCc2c(Cl)cccc2Cl)cc(Br)c1OCc1ccc(I)cc1. The summed E-state index contributed by atoms with van der Waals surface area (Å²) in [4.78, 5) is 0.